The molecule has 0 atom stereocenters. The number of carbonyl (C=O) groups excluding carboxylic acids is 1. The number of aryl methyl sites for hydroxylation is 1. The Balaban J connectivity index is 2.02. The molecule has 0 aliphatic heterocycles. The van der Waals surface area contributed by atoms with Crippen LogP contribution in [0.3, 0.4) is 0 Å². The first-order valence-electron chi connectivity index (χ1n) is 7.37. The van der Waals surface area contributed by atoms with E-state index in [0.717, 1.165) is 6.54 Å². The second kappa shape index (κ2) is 8.37. The Morgan fingerprint density at radius 2 is 2.00 bits per heavy atom. The van der Waals surface area contributed by atoms with Gasteiger partial charge in [0.25, 0.3) is 0 Å². The van der Waals surface area contributed by atoms with Gasteiger partial charge in [0, 0.05) is 23.6 Å². The fourth-order valence-corrected chi connectivity index (χ4v) is 3.48. The molecule has 0 fully saturated rings. The smallest absolute Gasteiger partial charge is 0.238 e. The highest BCUT2D eigenvalue weighted by Gasteiger charge is 2.14. The van der Waals surface area contributed by atoms with Crippen LogP contribution in [0, 0.1) is 6.92 Å². The van der Waals surface area contributed by atoms with Crippen molar-refractivity contribution < 1.29 is 14.3 Å². The molecule has 1 heterocycles. The largest absolute Gasteiger partial charge is 0.495 e. The van der Waals surface area contributed by atoms with Crippen LogP contribution in [0.15, 0.2) is 23.6 Å². The van der Waals surface area contributed by atoms with Gasteiger partial charge in [0.05, 0.1) is 31.5 Å². The van der Waals surface area contributed by atoms with E-state index >= 15 is 0 Å². The van der Waals surface area contributed by atoms with Gasteiger partial charge in [0.15, 0.2) is 0 Å². The molecule has 2 rings (SSSR count). The van der Waals surface area contributed by atoms with Gasteiger partial charge in [-0.25, -0.2) is 0 Å². The van der Waals surface area contributed by atoms with Crippen LogP contribution >= 0.6 is 22.9 Å². The molecule has 130 valence electrons. The van der Waals surface area contributed by atoms with Crippen molar-refractivity contribution in [2.45, 2.75) is 13.5 Å². The molecule has 2 aromatic rings. The van der Waals surface area contributed by atoms with Crippen LogP contribution in [0.4, 0.5) is 5.69 Å². The van der Waals surface area contributed by atoms with Gasteiger partial charge in [-0.05, 0) is 31.0 Å². The number of halogens is 1. The van der Waals surface area contributed by atoms with Crippen LogP contribution in [-0.2, 0) is 11.3 Å². The van der Waals surface area contributed by atoms with E-state index in [4.69, 9.17) is 21.1 Å². The minimum absolute atomic E-state index is 0.130. The number of methoxy groups -OCH3 is 2. The van der Waals surface area contributed by atoms with Gasteiger partial charge < -0.3 is 14.8 Å². The molecule has 0 radical (unpaired) electrons. The molecule has 0 unspecified atom stereocenters. The van der Waals surface area contributed by atoms with E-state index in [-0.39, 0.29) is 12.5 Å². The number of nitrogens with zero attached hydrogens (tertiary/aromatic N) is 1. The summed E-state index contributed by atoms with van der Waals surface area (Å²) in [5, 5.41) is 5.34. The Morgan fingerprint density at radius 1 is 1.29 bits per heavy atom. The average molecular weight is 369 g/mol. The number of thiophene rings is 1. The van der Waals surface area contributed by atoms with Crippen molar-refractivity contribution in [2.75, 3.05) is 33.1 Å². The summed E-state index contributed by atoms with van der Waals surface area (Å²) in [4.78, 5) is 15.5. The highest BCUT2D eigenvalue weighted by atomic mass is 35.5. The number of anilines is 1. The summed E-state index contributed by atoms with van der Waals surface area (Å²) in [5.74, 6) is 0.843. The highest BCUT2D eigenvalue weighted by Crippen LogP contribution is 2.35. The zero-order chi connectivity index (χ0) is 17.7. The van der Waals surface area contributed by atoms with Crippen molar-refractivity contribution in [3.05, 3.63) is 39.0 Å². The normalized spacial score (nSPS) is 10.8. The van der Waals surface area contributed by atoms with E-state index in [1.165, 1.54) is 24.7 Å². The fraction of sp³-hybridized carbons (Fsp3) is 0.353. The Hall–Kier alpha value is -1.76. The molecular weight excluding hydrogens is 348 g/mol. The molecule has 0 aliphatic carbocycles. The van der Waals surface area contributed by atoms with E-state index in [1.54, 1.807) is 23.5 Å². The lowest BCUT2D eigenvalue weighted by Crippen LogP contribution is -2.29. The van der Waals surface area contributed by atoms with Gasteiger partial charge in [-0.2, -0.15) is 0 Å². The first-order chi connectivity index (χ1) is 11.4. The molecule has 1 amide bonds. The van der Waals surface area contributed by atoms with E-state index in [0.29, 0.717) is 22.2 Å². The Labute approximate surface area is 151 Å². The van der Waals surface area contributed by atoms with E-state index in [2.05, 4.69) is 23.7 Å². The van der Waals surface area contributed by atoms with Crippen LogP contribution in [-0.4, -0.2) is 38.6 Å². The summed E-state index contributed by atoms with van der Waals surface area (Å²) in [6.07, 6.45) is 0. The number of carbonyl (C=O) groups is 1. The summed E-state index contributed by atoms with van der Waals surface area (Å²) < 4.78 is 10.4. The van der Waals surface area contributed by atoms with Gasteiger partial charge in [-0.15, -0.1) is 11.3 Å². The fourth-order valence-electron chi connectivity index (χ4n) is 2.26. The molecule has 0 spiro atoms. The maximum Gasteiger partial charge on any atom is 0.238 e. The third kappa shape index (κ3) is 4.63. The predicted octanol–water partition coefficient (Wildman–Crippen LogP) is 3.80. The molecule has 1 aromatic carbocycles. The van der Waals surface area contributed by atoms with Gasteiger partial charge in [0.2, 0.25) is 5.91 Å². The second-order valence-corrected chi connectivity index (χ2v) is 6.84. The first-order valence-corrected chi connectivity index (χ1v) is 8.63. The predicted molar refractivity (Wildman–Crippen MR) is 98.6 cm³/mol. The monoisotopic (exact) mass is 368 g/mol. The van der Waals surface area contributed by atoms with Gasteiger partial charge >= 0.3 is 0 Å². The molecule has 7 heteroatoms. The number of ether oxygens (including phenoxy) is 2. The molecule has 1 aromatic heterocycles. The molecule has 0 bridgehead atoms. The summed E-state index contributed by atoms with van der Waals surface area (Å²) >= 11 is 7.77. The maximum atomic E-state index is 12.3. The lowest BCUT2D eigenvalue weighted by Gasteiger charge is -2.17. The zero-order valence-corrected chi connectivity index (χ0v) is 15.8. The van der Waals surface area contributed by atoms with Gasteiger partial charge in [0.1, 0.15) is 11.5 Å². The summed E-state index contributed by atoms with van der Waals surface area (Å²) in [7, 11) is 4.97. The minimum Gasteiger partial charge on any atom is -0.495 e. The van der Waals surface area contributed by atoms with Crippen molar-refractivity contribution in [3.63, 3.8) is 0 Å². The molecule has 0 aliphatic rings. The quantitative estimate of drug-likeness (QED) is 0.807. The second-order valence-electron chi connectivity index (χ2n) is 5.43. The molecule has 24 heavy (non-hydrogen) atoms. The van der Waals surface area contributed by atoms with E-state index in [9.17, 15) is 4.79 Å². The number of amides is 1. The number of likely N-dealkylation sites (N-methyl/N-ethyl adjacent to an activating group) is 1. The number of benzene rings is 1. The number of hydrogen-bond donors (Lipinski definition) is 1. The average Bonchev–Trinajstić information content (AvgIpc) is 2.93. The van der Waals surface area contributed by atoms with Crippen molar-refractivity contribution in [3.8, 4) is 11.5 Å². The number of rotatable bonds is 7. The Bertz CT molecular complexity index is 718. The van der Waals surface area contributed by atoms with Crippen molar-refractivity contribution >= 4 is 34.5 Å². The first kappa shape index (κ1) is 18.6. The Kier molecular flexibility index (Phi) is 6.48. The van der Waals surface area contributed by atoms with Crippen LogP contribution in [0.2, 0.25) is 5.02 Å². The standard InChI is InChI=1S/C17H21ClN2O3S/c1-11-5-6-24-16(11)9-20(2)10-17(21)19-13-8-14(22-3)12(18)7-15(13)23-4/h5-8H,9-10H2,1-4H3,(H,19,21). The third-order valence-corrected chi connectivity index (χ3v) is 4.85. The number of hydrogen-bond acceptors (Lipinski definition) is 5. The topological polar surface area (TPSA) is 50.8 Å². The molecule has 0 saturated carbocycles. The minimum atomic E-state index is -0.130. The lowest BCUT2D eigenvalue weighted by atomic mass is 10.2. The van der Waals surface area contributed by atoms with Crippen LogP contribution in [0.1, 0.15) is 10.4 Å². The van der Waals surface area contributed by atoms with Crippen molar-refractivity contribution in [2.24, 2.45) is 0 Å². The SMILES string of the molecule is COc1cc(NC(=O)CN(C)Cc2sccc2C)c(OC)cc1Cl. The zero-order valence-electron chi connectivity index (χ0n) is 14.2. The summed E-state index contributed by atoms with van der Waals surface area (Å²) in [5.41, 5.74) is 1.78. The molecule has 0 saturated heterocycles. The van der Waals surface area contributed by atoms with Gasteiger partial charge in [-0.1, -0.05) is 11.6 Å². The summed E-state index contributed by atoms with van der Waals surface area (Å²) in [6.45, 7) is 3.08. The van der Waals surface area contributed by atoms with Crippen molar-refractivity contribution in [1.29, 1.82) is 0 Å². The van der Waals surface area contributed by atoms with Gasteiger partial charge in [-0.3, -0.25) is 9.69 Å². The molecule has 1 N–H and O–H groups in total. The molecule has 5 nitrogen and oxygen atoms in total. The Morgan fingerprint density at radius 3 is 2.58 bits per heavy atom. The van der Waals surface area contributed by atoms with E-state index < -0.39 is 0 Å². The maximum absolute atomic E-state index is 12.3. The highest BCUT2D eigenvalue weighted by molar-refractivity contribution is 7.10. The van der Waals surface area contributed by atoms with E-state index in [1.807, 2.05) is 11.9 Å². The van der Waals surface area contributed by atoms with Crippen molar-refractivity contribution in [1.82, 2.24) is 4.90 Å². The van der Waals surface area contributed by atoms with Crippen LogP contribution in [0.5, 0.6) is 11.5 Å². The van der Waals surface area contributed by atoms with Crippen LogP contribution in [0.25, 0.3) is 0 Å². The molecular formula is C17H21ClN2O3S. The number of nitrogens with one attached hydrogen (secondary N) is 1. The summed E-state index contributed by atoms with van der Waals surface area (Å²) in [6, 6.07) is 5.36. The van der Waals surface area contributed by atoms with Crippen LogP contribution < -0.4 is 14.8 Å². The third-order valence-electron chi connectivity index (χ3n) is 3.54. The lowest BCUT2D eigenvalue weighted by molar-refractivity contribution is -0.117.